The van der Waals surface area contributed by atoms with Gasteiger partial charge in [-0.2, -0.15) is 0 Å². The van der Waals surface area contributed by atoms with Gasteiger partial charge >= 0.3 is 5.97 Å². The maximum atomic E-state index is 12.1. The molecule has 0 saturated carbocycles. The summed E-state index contributed by atoms with van der Waals surface area (Å²) in [5.74, 6) is -0.880. The van der Waals surface area contributed by atoms with Gasteiger partial charge in [-0.3, -0.25) is 9.59 Å². The monoisotopic (exact) mass is 288 g/mol. The van der Waals surface area contributed by atoms with Crippen LogP contribution in [0.25, 0.3) is 10.9 Å². The second-order valence-electron chi connectivity index (χ2n) is 4.94. The number of hydrogen-bond donors (Lipinski definition) is 1. The molecule has 1 amide bonds. The summed E-state index contributed by atoms with van der Waals surface area (Å²) in [6, 6.07) is 10.1. The number of aryl methyl sites for hydroxylation is 1. The van der Waals surface area contributed by atoms with Gasteiger partial charge in [-0.25, -0.2) is 0 Å². The summed E-state index contributed by atoms with van der Waals surface area (Å²) in [6.07, 6.45) is 2.35. The molecule has 0 atom stereocenters. The van der Waals surface area contributed by atoms with Crippen LogP contribution in [-0.2, 0) is 16.1 Å². The largest absolute Gasteiger partial charge is 0.481 e. The molecule has 1 aromatic heterocycles. The zero-order chi connectivity index (χ0) is 15.2. The van der Waals surface area contributed by atoms with Crippen molar-refractivity contribution in [1.29, 1.82) is 0 Å². The van der Waals surface area contributed by atoms with Crippen molar-refractivity contribution < 1.29 is 14.7 Å². The van der Waals surface area contributed by atoms with Crippen molar-refractivity contribution in [2.75, 3.05) is 13.1 Å². The summed E-state index contributed by atoms with van der Waals surface area (Å²) in [5.41, 5.74) is 1.11. The predicted octanol–water partition coefficient (Wildman–Crippen LogP) is 2.35. The van der Waals surface area contributed by atoms with Crippen molar-refractivity contribution in [3.63, 3.8) is 0 Å². The Kier molecular flexibility index (Phi) is 4.98. The lowest BCUT2D eigenvalue weighted by molar-refractivity contribution is -0.138. The molecule has 5 nitrogen and oxygen atoms in total. The number of carbonyl (C=O) groups is 2. The average Bonchev–Trinajstić information content (AvgIpc) is 2.88. The molecule has 0 radical (unpaired) electrons. The SMILES string of the molecule is CCN(CCC(=O)O)C(=O)CCn1ccc2ccccc21. The number of nitrogens with zero attached hydrogens (tertiary/aromatic N) is 2. The number of amides is 1. The molecule has 0 aliphatic heterocycles. The van der Waals surface area contributed by atoms with Crippen LogP contribution in [0.3, 0.4) is 0 Å². The lowest BCUT2D eigenvalue weighted by Gasteiger charge is -2.20. The zero-order valence-electron chi connectivity index (χ0n) is 12.2. The highest BCUT2D eigenvalue weighted by Gasteiger charge is 2.13. The summed E-state index contributed by atoms with van der Waals surface area (Å²) in [4.78, 5) is 24.3. The lowest BCUT2D eigenvalue weighted by atomic mass is 10.2. The quantitative estimate of drug-likeness (QED) is 0.850. The van der Waals surface area contributed by atoms with Crippen molar-refractivity contribution in [3.8, 4) is 0 Å². The minimum Gasteiger partial charge on any atom is -0.481 e. The molecule has 1 N–H and O–H groups in total. The van der Waals surface area contributed by atoms with Crippen LogP contribution in [0.4, 0.5) is 0 Å². The third-order valence-electron chi connectivity index (χ3n) is 3.58. The molecule has 0 saturated heterocycles. The Balaban J connectivity index is 1.95. The van der Waals surface area contributed by atoms with Crippen LogP contribution in [-0.4, -0.2) is 39.5 Å². The third-order valence-corrected chi connectivity index (χ3v) is 3.58. The smallest absolute Gasteiger partial charge is 0.305 e. The maximum absolute atomic E-state index is 12.1. The Labute approximate surface area is 123 Å². The number of fused-ring (bicyclic) bond motifs is 1. The van der Waals surface area contributed by atoms with Gasteiger partial charge in [0.1, 0.15) is 0 Å². The van der Waals surface area contributed by atoms with E-state index in [2.05, 4.69) is 4.57 Å². The van der Waals surface area contributed by atoms with Gasteiger partial charge in [-0.1, -0.05) is 18.2 Å². The number of carboxylic acids is 1. The van der Waals surface area contributed by atoms with Gasteiger partial charge in [0, 0.05) is 37.8 Å². The summed E-state index contributed by atoms with van der Waals surface area (Å²) in [5, 5.41) is 9.85. The molecular formula is C16H20N2O3. The minimum absolute atomic E-state index is 0.00321. The van der Waals surface area contributed by atoms with Gasteiger partial charge in [0.15, 0.2) is 0 Å². The molecule has 21 heavy (non-hydrogen) atoms. The normalized spacial score (nSPS) is 10.7. The highest BCUT2D eigenvalue weighted by Crippen LogP contribution is 2.15. The average molecular weight is 288 g/mol. The minimum atomic E-state index is -0.877. The topological polar surface area (TPSA) is 62.5 Å². The summed E-state index contributed by atoms with van der Waals surface area (Å²) >= 11 is 0. The van der Waals surface area contributed by atoms with Crippen molar-refractivity contribution in [1.82, 2.24) is 9.47 Å². The fraction of sp³-hybridized carbons (Fsp3) is 0.375. The van der Waals surface area contributed by atoms with E-state index in [4.69, 9.17) is 5.11 Å². The molecule has 0 fully saturated rings. The van der Waals surface area contributed by atoms with Crippen LogP contribution in [0, 0.1) is 0 Å². The molecule has 0 aliphatic carbocycles. The number of aromatic nitrogens is 1. The maximum Gasteiger partial charge on any atom is 0.305 e. The van der Waals surface area contributed by atoms with E-state index in [0.29, 0.717) is 19.5 Å². The van der Waals surface area contributed by atoms with Gasteiger partial charge in [-0.15, -0.1) is 0 Å². The fourth-order valence-corrected chi connectivity index (χ4v) is 2.40. The van der Waals surface area contributed by atoms with Crippen LogP contribution in [0.1, 0.15) is 19.8 Å². The summed E-state index contributed by atoms with van der Waals surface area (Å²) in [6.45, 7) is 3.29. The summed E-state index contributed by atoms with van der Waals surface area (Å²) < 4.78 is 2.05. The van der Waals surface area contributed by atoms with Crippen LogP contribution < -0.4 is 0 Å². The number of benzene rings is 1. The lowest BCUT2D eigenvalue weighted by Crippen LogP contribution is -2.33. The van der Waals surface area contributed by atoms with Crippen molar-refractivity contribution in [2.24, 2.45) is 0 Å². The highest BCUT2D eigenvalue weighted by atomic mass is 16.4. The van der Waals surface area contributed by atoms with Crippen molar-refractivity contribution in [2.45, 2.75) is 26.3 Å². The van der Waals surface area contributed by atoms with Crippen LogP contribution in [0.5, 0.6) is 0 Å². The number of para-hydroxylation sites is 1. The molecule has 0 spiro atoms. The van der Waals surface area contributed by atoms with E-state index in [1.807, 2.05) is 43.5 Å². The number of hydrogen-bond acceptors (Lipinski definition) is 2. The molecule has 1 heterocycles. The van der Waals surface area contributed by atoms with Crippen LogP contribution in [0.2, 0.25) is 0 Å². The van der Waals surface area contributed by atoms with E-state index in [9.17, 15) is 9.59 Å². The molecule has 5 heteroatoms. The van der Waals surface area contributed by atoms with Gasteiger partial charge in [0.05, 0.1) is 6.42 Å². The molecule has 0 unspecified atom stereocenters. The van der Waals surface area contributed by atoms with Crippen LogP contribution >= 0.6 is 0 Å². The molecule has 112 valence electrons. The highest BCUT2D eigenvalue weighted by molar-refractivity contribution is 5.80. The number of rotatable bonds is 7. The molecule has 2 aromatic rings. The first-order valence-electron chi connectivity index (χ1n) is 7.15. The standard InChI is InChI=1S/C16H20N2O3/c1-2-17(12-9-16(20)21)15(19)8-11-18-10-7-13-5-3-4-6-14(13)18/h3-7,10H,2,8-9,11-12H2,1H3,(H,20,21). The zero-order valence-corrected chi connectivity index (χ0v) is 12.2. The molecular weight excluding hydrogens is 268 g/mol. The van der Waals surface area contributed by atoms with Gasteiger partial charge in [0.2, 0.25) is 5.91 Å². The van der Waals surface area contributed by atoms with E-state index >= 15 is 0 Å². The Hall–Kier alpha value is -2.30. The first-order chi connectivity index (χ1) is 10.1. The van der Waals surface area contributed by atoms with Gasteiger partial charge in [0.25, 0.3) is 0 Å². The molecule has 1 aromatic carbocycles. The van der Waals surface area contributed by atoms with E-state index < -0.39 is 5.97 Å². The fourth-order valence-electron chi connectivity index (χ4n) is 2.40. The van der Waals surface area contributed by atoms with E-state index in [0.717, 1.165) is 10.9 Å². The Bertz CT molecular complexity index is 633. The van der Waals surface area contributed by atoms with E-state index in [1.54, 1.807) is 4.90 Å². The Morgan fingerprint density at radius 1 is 1.19 bits per heavy atom. The number of aliphatic carboxylic acids is 1. The molecule has 0 bridgehead atoms. The van der Waals surface area contributed by atoms with Crippen LogP contribution in [0.15, 0.2) is 36.5 Å². The first-order valence-corrected chi connectivity index (χ1v) is 7.15. The van der Waals surface area contributed by atoms with E-state index in [-0.39, 0.29) is 18.9 Å². The van der Waals surface area contributed by atoms with E-state index in [1.165, 1.54) is 0 Å². The number of carbonyl (C=O) groups excluding carboxylic acids is 1. The Morgan fingerprint density at radius 2 is 1.95 bits per heavy atom. The molecule has 0 aliphatic rings. The second kappa shape index (κ2) is 6.92. The third kappa shape index (κ3) is 3.84. The van der Waals surface area contributed by atoms with Gasteiger partial charge < -0.3 is 14.6 Å². The van der Waals surface area contributed by atoms with Crippen molar-refractivity contribution in [3.05, 3.63) is 36.5 Å². The molecule has 2 rings (SSSR count). The van der Waals surface area contributed by atoms with Gasteiger partial charge in [-0.05, 0) is 24.4 Å². The summed E-state index contributed by atoms with van der Waals surface area (Å²) in [7, 11) is 0. The number of carboxylic acid groups (broad SMARTS) is 1. The Morgan fingerprint density at radius 3 is 2.67 bits per heavy atom. The first kappa shape index (κ1) is 15.1. The second-order valence-corrected chi connectivity index (χ2v) is 4.94. The van der Waals surface area contributed by atoms with Crippen molar-refractivity contribution >= 4 is 22.8 Å². The predicted molar refractivity (Wildman–Crippen MR) is 81.1 cm³/mol.